The lowest BCUT2D eigenvalue weighted by atomic mass is 10.3. The summed E-state index contributed by atoms with van der Waals surface area (Å²) in [6.45, 7) is 0. The minimum Gasteiger partial charge on any atom is -0.171 e. The van der Waals surface area contributed by atoms with Gasteiger partial charge in [0.25, 0.3) is 0 Å². The summed E-state index contributed by atoms with van der Waals surface area (Å²) in [5.41, 5.74) is -0.349. The van der Waals surface area contributed by atoms with E-state index < -0.39 is 12.1 Å². The van der Waals surface area contributed by atoms with Gasteiger partial charge in [-0.05, 0) is 18.3 Å². The van der Waals surface area contributed by atoms with Gasteiger partial charge in [-0.15, -0.1) is 0 Å². The standard InChI is InChI=1S/C6H6BrF3/c7-4-3(6(8,9)10)5(4)1-2-5/h3-4H,1-2H2. The molecule has 0 aromatic heterocycles. The Balaban J connectivity index is 2.11. The van der Waals surface area contributed by atoms with Crippen LogP contribution in [0.4, 0.5) is 13.2 Å². The van der Waals surface area contributed by atoms with Crippen LogP contribution in [0.3, 0.4) is 0 Å². The van der Waals surface area contributed by atoms with E-state index in [0.717, 1.165) is 12.8 Å². The molecular weight excluding hydrogens is 209 g/mol. The van der Waals surface area contributed by atoms with Gasteiger partial charge in [0.1, 0.15) is 0 Å². The molecule has 2 atom stereocenters. The predicted octanol–water partition coefficient (Wildman–Crippen LogP) is 2.72. The lowest BCUT2D eigenvalue weighted by Gasteiger charge is -2.02. The third kappa shape index (κ3) is 0.684. The maximum Gasteiger partial charge on any atom is 0.393 e. The lowest BCUT2D eigenvalue weighted by Crippen LogP contribution is -2.13. The van der Waals surface area contributed by atoms with Crippen molar-refractivity contribution < 1.29 is 13.2 Å². The molecule has 0 aromatic carbocycles. The van der Waals surface area contributed by atoms with Gasteiger partial charge in [-0.1, -0.05) is 15.9 Å². The van der Waals surface area contributed by atoms with Crippen LogP contribution in [0.25, 0.3) is 0 Å². The normalized spacial score (nSPS) is 42.0. The van der Waals surface area contributed by atoms with Gasteiger partial charge in [-0.2, -0.15) is 13.2 Å². The molecule has 0 N–H and O–H groups in total. The molecular formula is C6H6BrF3. The number of hydrogen-bond acceptors (Lipinski definition) is 0. The van der Waals surface area contributed by atoms with Crippen LogP contribution in [0, 0.1) is 11.3 Å². The summed E-state index contributed by atoms with van der Waals surface area (Å²) in [6, 6.07) is 0. The molecule has 0 aromatic rings. The van der Waals surface area contributed by atoms with Crippen molar-refractivity contribution in [1.29, 1.82) is 0 Å². The van der Waals surface area contributed by atoms with Gasteiger partial charge < -0.3 is 0 Å². The van der Waals surface area contributed by atoms with Crippen molar-refractivity contribution in [1.82, 2.24) is 0 Å². The molecule has 2 fully saturated rings. The van der Waals surface area contributed by atoms with E-state index in [1.807, 2.05) is 0 Å². The Kier molecular flexibility index (Phi) is 1.07. The first-order chi connectivity index (χ1) is 4.48. The highest BCUT2D eigenvalue weighted by Gasteiger charge is 2.79. The molecule has 2 aliphatic rings. The SMILES string of the molecule is FC(F)(F)C1C(Br)C12CC2. The highest BCUT2D eigenvalue weighted by molar-refractivity contribution is 9.09. The summed E-state index contributed by atoms with van der Waals surface area (Å²) >= 11 is 3.05. The molecule has 58 valence electrons. The monoisotopic (exact) mass is 214 g/mol. The predicted molar refractivity (Wildman–Crippen MR) is 33.9 cm³/mol. The summed E-state index contributed by atoms with van der Waals surface area (Å²) in [5.74, 6) is -1.04. The molecule has 0 nitrogen and oxygen atoms in total. The van der Waals surface area contributed by atoms with Gasteiger partial charge in [-0.3, -0.25) is 0 Å². The highest BCUT2D eigenvalue weighted by atomic mass is 79.9. The zero-order chi connectivity index (χ0) is 7.57. The summed E-state index contributed by atoms with van der Waals surface area (Å²) in [5, 5.41) is 0. The lowest BCUT2D eigenvalue weighted by molar-refractivity contribution is -0.151. The summed E-state index contributed by atoms with van der Waals surface area (Å²) in [6.07, 6.45) is -2.45. The number of hydrogen-bond donors (Lipinski definition) is 0. The van der Waals surface area contributed by atoms with Crippen LogP contribution >= 0.6 is 15.9 Å². The van der Waals surface area contributed by atoms with Gasteiger partial charge in [0.2, 0.25) is 0 Å². The van der Waals surface area contributed by atoms with Crippen molar-refractivity contribution in [2.24, 2.45) is 11.3 Å². The molecule has 0 radical (unpaired) electrons. The maximum atomic E-state index is 12.0. The van der Waals surface area contributed by atoms with E-state index in [-0.39, 0.29) is 10.2 Å². The Morgan fingerprint density at radius 2 is 1.80 bits per heavy atom. The number of rotatable bonds is 0. The summed E-state index contributed by atoms with van der Waals surface area (Å²) < 4.78 is 36.0. The molecule has 4 heteroatoms. The largest absolute Gasteiger partial charge is 0.393 e. The Morgan fingerprint density at radius 3 is 1.90 bits per heavy atom. The van der Waals surface area contributed by atoms with Crippen LogP contribution in [0.5, 0.6) is 0 Å². The van der Waals surface area contributed by atoms with Crippen molar-refractivity contribution in [2.75, 3.05) is 0 Å². The van der Waals surface area contributed by atoms with Crippen molar-refractivity contribution in [3.63, 3.8) is 0 Å². The smallest absolute Gasteiger partial charge is 0.171 e. The van der Waals surface area contributed by atoms with Gasteiger partial charge >= 0.3 is 6.18 Å². The topological polar surface area (TPSA) is 0 Å². The third-order valence-corrected chi connectivity index (χ3v) is 3.97. The quantitative estimate of drug-likeness (QED) is 0.545. The van der Waals surface area contributed by atoms with Gasteiger partial charge in [0.15, 0.2) is 0 Å². The summed E-state index contributed by atoms with van der Waals surface area (Å²) in [4.78, 5) is -0.278. The fraction of sp³-hybridized carbons (Fsp3) is 1.00. The van der Waals surface area contributed by atoms with E-state index in [1.54, 1.807) is 0 Å². The first-order valence-corrected chi connectivity index (χ1v) is 4.11. The Morgan fingerprint density at radius 1 is 1.30 bits per heavy atom. The Bertz CT molecular complexity index is 168. The molecule has 2 unspecified atom stereocenters. The summed E-state index contributed by atoms with van der Waals surface area (Å²) in [7, 11) is 0. The van der Waals surface area contributed by atoms with Crippen LogP contribution in [-0.2, 0) is 0 Å². The second-order valence-corrected chi connectivity index (χ2v) is 4.14. The molecule has 2 rings (SSSR count). The molecule has 10 heavy (non-hydrogen) atoms. The van der Waals surface area contributed by atoms with Gasteiger partial charge in [0.05, 0.1) is 5.92 Å². The van der Waals surface area contributed by atoms with Gasteiger partial charge in [0, 0.05) is 4.83 Å². The molecule has 2 saturated carbocycles. The Labute approximate surface area is 64.9 Å². The average molecular weight is 215 g/mol. The molecule has 0 bridgehead atoms. The third-order valence-electron chi connectivity index (χ3n) is 2.53. The van der Waals surface area contributed by atoms with Crippen molar-refractivity contribution in [3.8, 4) is 0 Å². The van der Waals surface area contributed by atoms with Crippen LogP contribution in [0.1, 0.15) is 12.8 Å². The van der Waals surface area contributed by atoms with Crippen molar-refractivity contribution in [2.45, 2.75) is 23.8 Å². The zero-order valence-corrected chi connectivity index (χ0v) is 6.67. The molecule has 0 amide bonds. The van der Waals surface area contributed by atoms with Crippen LogP contribution in [-0.4, -0.2) is 11.0 Å². The minimum atomic E-state index is -3.97. The fourth-order valence-electron chi connectivity index (χ4n) is 1.66. The van der Waals surface area contributed by atoms with E-state index in [9.17, 15) is 13.2 Å². The minimum absolute atomic E-state index is 0.278. The molecule has 0 saturated heterocycles. The van der Waals surface area contributed by atoms with Crippen molar-refractivity contribution >= 4 is 15.9 Å². The Hall–Kier alpha value is 0.270. The molecule has 0 heterocycles. The average Bonchev–Trinajstić information content (AvgIpc) is 2.51. The second-order valence-electron chi connectivity index (χ2n) is 3.15. The van der Waals surface area contributed by atoms with E-state index >= 15 is 0 Å². The van der Waals surface area contributed by atoms with Crippen LogP contribution < -0.4 is 0 Å². The van der Waals surface area contributed by atoms with E-state index in [2.05, 4.69) is 15.9 Å². The first kappa shape index (κ1) is 6.95. The maximum absolute atomic E-state index is 12.0. The molecule has 1 spiro atoms. The van der Waals surface area contributed by atoms with E-state index in [0.29, 0.717) is 0 Å². The fourth-order valence-corrected chi connectivity index (χ4v) is 3.08. The first-order valence-electron chi connectivity index (χ1n) is 3.19. The second kappa shape index (κ2) is 1.54. The van der Waals surface area contributed by atoms with Crippen LogP contribution in [0.15, 0.2) is 0 Å². The van der Waals surface area contributed by atoms with Gasteiger partial charge in [-0.25, -0.2) is 0 Å². The van der Waals surface area contributed by atoms with Crippen LogP contribution in [0.2, 0.25) is 0 Å². The van der Waals surface area contributed by atoms with E-state index in [1.165, 1.54) is 0 Å². The highest BCUT2D eigenvalue weighted by Crippen LogP contribution is 2.77. The molecule has 2 aliphatic carbocycles. The zero-order valence-electron chi connectivity index (χ0n) is 5.08. The van der Waals surface area contributed by atoms with Crippen molar-refractivity contribution in [3.05, 3.63) is 0 Å². The van der Waals surface area contributed by atoms with E-state index in [4.69, 9.17) is 0 Å². The number of halogens is 4. The molecule has 0 aliphatic heterocycles. The number of alkyl halides is 4.